The first-order chi connectivity index (χ1) is 18.3. The number of piperidine rings is 1. The number of ether oxygens (including phenoxy) is 2. The summed E-state index contributed by atoms with van der Waals surface area (Å²) in [6, 6.07) is -0.348. The van der Waals surface area contributed by atoms with Gasteiger partial charge >= 0.3 is 6.09 Å². The normalized spacial score (nSPS) is 33.0. The molecular formula is C28H41N5O6. The zero-order valence-electron chi connectivity index (χ0n) is 23.5. The van der Waals surface area contributed by atoms with Crippen molar-refractivity contribution in [1.29, 1.82) is 5.26 Å². The van der Waals surface area contributed by atoms with Crippen LogP contribution >= 0.6 is 0 Å². The molecule has 7 unspecified atom stereocenters. The molecule has 11 nitrogen and oxygen atoms in total. The molecule has 2 saturated carbocycles. The summed E-state index contributed by atoms with van der Waals surface area (Å²) in [5.41, 5.74) is -0.862. The third-order valence-electron chi connectivity index (χ3n) is 9.54. The first-order valence-corrected chi connectivity index (χ1v) is 14.1. The van der Waals surface area contributed by atoms with Gasteiger partial charge in [0.2, 0.25) is 17.7 Å². The van der Waals surface area contributed by atoms with Crippen molar-refractivity contribution in [1.82, 2.24) is 20.9 Å². The number of nitriles is 1. The molecule has 214 valence electrons. The second kappa shape index (κ2) is 9.65. The highest BCUT2D eigenvalue weighted by Gasteiger charge is 2.70. The molecule has 3 heterocycles. The van der Waals surface area contributed by atoms with Crippen LogP contribution in [0.4, 0.5) is 4.79 Å². The number of likely N-dealkylation sites (tertiary alicyclic amines) is 1. The van der Waals surface area contributed by atoms with Gasteiger partial charge in [0.1, 0.15) is 24.2 Å². The smallest absolute Gasteiger partial charge is 0.408 e. The van der Waals surface area contributed by atoms with E-state index < -0.39 is 29.6 Å². The van der Waals surface area contributed by atoms with Crippen molar-refractivity contribution in [2.75, 3.05) is 19.8 Å². The second-order valence-electron chi connectivity index (χ2n) is 13.8. The van der Waals surface area contributed by atoms with E-state index in [0.717, 1.165) is 12.8 Å². The molecule has 5 aliphatic rings. The SMILES string of the molecule is CC(C)(C)C(NC(=O)OC1CCOC1)C(=O)N1CC2C(C1C(=O)NC(C#N)CC1CC3(CC3)NC1=O)C2(C)C. The highest BCUT2D eigenvalue weighted by molar-refractivity contribution is 5.93. The third kappa shape index (κ3) is 5.32. The molecule has 5 fully saturated rings. The molecule has 3 saturated heterocycles. The van der Waals surface area contributed by atoms with Gasteiger partial charge in [0.15, 0.2) is 0 Å². The van der Waals surface area contributed by atoms with Crippen molar-refractivity contribution in [2.45, 2.75) is 96.5 Å². The Morgan fingerprint density at radius 2 is 1.97 bits per heavy atom. The highest BCUT2D eigenvalue weighted by Crippen LogP contribution is 2.65. The van der Waals surface area contributed by atoms with Crippen LogP contribution in [-0.4, -0.2) is 78.2 Å². The molecule has 2 aliphatic carbocycles. The number of amides is 4. The van der Waals surface area contributed by atoms with E-state index in [2.05, 4.69) is 35.9 Å². The Morgan fingerprint density at radius 1 is 1.26 bits per heavy atom. The van der Waals surface area contributed by atoms with Crippen molar-refractivity contribution in [3.05, 3.63) is 0 Å². The Morgan fingerprint density at radius 3 is 2.54 bits per heavy atom. The van der Waals surface area contributed by atoms with Crippen molar-refractivity contribution < 1.29 is 28.7 Å². The van der Waals surface area contributed by atoms with Gasteiger partial charge in [0.25, 0.3) is 0 Å². The monoisotopic (exact) mass is 543 g/mol. The minimum Gasteiger partial charge on any atom is -0.444 e. The largest absolute Gasteiger partial charge is 0.444 e. The number of rotatable bonds is 7. The minimum absolute atomic E-state index is 0.0477. The van der Waals surface area contributed by atoms with Crippen LogP contribution in [0.15, 0.2) is 0 Å². The molecule has 0 radical (unpaired) electrons. The third-order valence-corrected chi connectivity index (χ3v) is 9.54. The van der Waals surface area contributed by atoms with E-state index in [1.807, 2.05) is 20.8 Å². The van der Waals surface area contributed by atoms with Gasteiger partial charge in [-0.05, 0) is 48.3 Å². The van der Waals surface area contributed by atoms with Gasteiger partial charge in [-0.2, -0.15) is 5.26 Å². The number of fused-ring (bicyclic) bond motifs is 1. The minimum atomic E-state index is -0.910. The lowest BCUT2D eigenvalue weighted by Crippen LogP contribution is -2.60. The van der Waals surface area contributed by atoms with E-state index >= 15 is 0 Å². The zero-order chi connectivity index (χ0) is 28.3. The summed E-state index contributed by atoms with van der Waals surface area (Å²) in [4.78, 5) is 54.3. The Bertz CT molecular complexity index is 1080. The van der Waals surface area contributed by atoms with Gasteiger partial charge in [-0.3, -0.25) is 14.4 Å². The van der Waals surface area contributed by atoms with Crippen LogP contribution in [0, 0.1) is 39.9 Å². The van der Waals surface area contributed by atoms with Crippen LogP contribution in [0.1, 0.15) is 66.7 Å². The standard InChI is InChI=1S/C28H41N5O6/c1-26(2,3)21(31-25(37)39-17-6-9-38-14-17)24(36)33-13-18-19(27(18,4)5)20(33)23(35)30-16(12-29)10-15-11-28(7-8-28)32-22(15)34/h15-21H,6-11,13-14H2,1-5H3,(H,30,35)(H,31,37)(H,32,34). The fraction of sp³-hybridized carbons (Fsp3) is 0.821. The van der Waals surface area contributed by atoms with Gasteiger partial charge in [0.05, 0.1) is 19.3 Å². The summed E-state index contributed by atoms with van der Waals surface area (Å²) in [7, 11) is 0. The van der Waals surface area contributed by atoms with Gasteiger partial charge < -0.3 is 30.3 Å². The Kier molecular flexibility index (Phi) is 6.85. The van der Waals surface area contributed by atoms with Crippen molar-refractivity contribution in [2.24, 2.45) is 28.6 Å². The fourth-order valence-electron chi connectivity index (χ4n) is 6.87. The maximum absolute atomic E-state index is 13.9. The first kappa shape index (κ1) is 27.7. The van der Waals surface area contributed by atoms with Crippen LogP contribution < -0.4 is 16.0 Å². The lowest BCUT2D eigenvalue weighted by atomic mass is 9.85. The molecule has 0 aromatic heterocycles. The van der Waals surface area contributed by atoms with Gasteiger partial charge in [-0.1, -0.05) is 34.6 Å². The van der Waals surface area contributed by atoms with Gasteiger partial charge in [-0.15, -0.1) is 0 Å². The number of nitrogens with one attached hydrogen (secondary N) is 3. The van der Waals surface area contributed by atoms with Gasteiger partial charge in [0, 0.05) is 24.4 Å². The molecular weight excluding hydrogens is 502 g/mol. The van der Waals surface area contributed by atoms with E-state index in [4.69, 9.17) is 9.47 Å². The number of alkyl carbamates (subject to hydrolysis) is 1. The highest BCUT2D eigenvalue weighted by atomic mass is 16.6. The molecule has 5 rings (SSSR count). The topological polar surface area (TPSA) is 150 Å². The molecule has 0 aromatic carbocycles. The van der Waals surface area contributed by atoms with E-state index in [1.54, 1.807) is 4.90 Å². The Labute approximate surface area is 229 Å². The summed E-state index contributed by atoms with van der Waals surface area (Å²) in [5.74, 6) is -0.992. The molecule has 0 aromatic rings. The number of carbonyl (C=O) groups is 4. The number of nitrogens with zero attached hydrogens (tertiary/aromatic N) is 2. The first-order valence-electron chi connectivity index (χ1n) is 14.1. The van der Waals surface area contributed by atoms with Crippen LogP contribution in [0.25, 0.3) is 0 Å². The fourth-order valence-corrected chi connectivity index (χ4v) is 6.87. The Hall–Kier alpha value is -2.87. The second-order valence-corrected chi connectivity index (χ2v) is 13.8. The maximum atomic E-state index is 13.9. The van der Waals surface area contributed by atoms with Crippen LogP contribution in [0.5, 0.6) is 0 Å². The van der Waals surface area contributed by atoms with Crippen LogP contribution in [0.3, 0.4) is 0 Å². The molecule has 4 amide bonds. The maximum Gasteiger partial charge on any atom is 0.408 e. The molecule has 1 spiro atoms. The zero-order valence-corrected chi connectivity index (χ0v) is 23.5. The Balaban J connectivity index is 1.28. The molecule has 7 atom stereocenters. The predicted molar refractivity (Wildman–Crippen MR) is 139 cm³/mol. The summed E-state index contributed by atoms with van der Waals surface area (Å²) in [5, 5.41) is 18.5. The molecule has 3 aliphatic heterocycles. The van der Waals surface area contributed by atoms with Crippen LogP contribution in [-0.2, 0) is 23.9 Å². The summed E-state index contributed by atoms with van der Waals surface area (Å²) in [6.07, 6.45) is 2.43. The van der Waals surface area contributed by atoms with Gasteiger partial charge in [-0.25, -0.2) is 4.79 Å². The number of hydrogen-bond acceptors (Lipinski definition) is 7. The molecule has 3 N–H and O–H groups in total. The van der Waals surface area contributed by atoms with Crippen molar-refractivity contribution in [3.63, 3.8) is 0 Å². The van der Waals surface area contributed by atoms with E-state index in [0.29, 0.717) is 32.6 Å². The summed E-state index contributed by atoms with van der Waals surface area (Å²) in [6.45, 7) is 11.0. The lowest BCUT2D eigenvalue weighted by molar-refractivity contribution is -0.144. The summed E-state index contributed by atoms with van der Waals surface area (Å²) >= 11 is 0. The molecule has 0 bridgehead atoms. The number of hydrogen-bond donors (Lipinski definition) is 3. The van der Waals surface area contributed by atoms with E-state index in [-0.39, 0.29) is 59.0 Å². The number of carbonyl (C=O) groups excluding carboxylic acids is 4. The summed E-state index contributed by atoms with van der Waals surface area (Å²) < 4.78 is 10.7. The molecule has 39 heavy (non-hydrogen) atoms. The molecule has 11 heteroatoms. The average molecular weight is 544 g/mol. The average Bonchev–Trinajstić information content (AvgIpc) is 3.39. The predicted octanol–water partition coefficient (Wildman–Crippen LogP) is 1.47. The van der Waals surface area contributed by atoms with Crippen molar-refractivity contribution >= 4 is 23.8 Å². The lowest BCUT2D eigenvalue weighted by Gasteiger charge is -2.37. The van der Waals surface area contributed by atoms with E-state index in [1.165, 1.54) is 0 Å². The quantitative estimate of drug-likeness (QED) is 0.440. The van der Waals surface area contributed by atoms with E-state index in [9.17, 15) is 24.4 Å². The van der Waals surface area contributed by atoms with Crippen LogP contribution in [0.2, 0.25) is 0 Å². The van der Waals surface area contributed by atoms with Crippen molar-refractivity contribution in [3.8, 4) is 6.07 Å².